The van der Waals surface area contributed by atoms with Crippen molar-refractivity contribution in [2.75, 3.05) is 6.56 Å². The van der Waals surface area contributed by atoms with Crippen LogP contribution in [0.15, 0.2) is 11.6 Å². The maximum absolute atomic E-state index is 12.7. The molecule has 0 radical (unpaired) electrons. The second-order valence-electron chi connectivity index (χ2n) is 8.38. The zero-order valence-electron chi connectivity index (χ0n) is 21.6. The lowest BCUT2D eigenvalue weighted by molar-refractivity contribution is -0.157. The van der Waals surface area contributed by atoms with Crippen molar-refractivity contribution in [1.29, 1.82) is 0 Å². The normalized spacial score (nSPS) is 56.2. The fourth-order valence-electron chi connectivity index (χ4n) is 6.31. The van der Waals surface area contributed by atoms with E-state index >= 15 is 0 Å². The molecule has 0 saturated heterocycles. The van der Waals surface area contributed by atoms with Crippen LogP contribution in [0.3, 0.4) is 0 Å². The highest BCUT2D eigenvalue weighted by molar-refractivity contribution is 5.91. The summed E-state index contributed by atoms with van der Waals surface area (Å²) in [5.41, 5.74) is -2.95. The van der Waals surface area contributed by atoms with Crippen LogP contribution < -0.4 is 0 Å². The molecule has 4 rings (SSSR count). The Morgan fingerprint density at radius 3 is 2.92 bits per heavy atom. The van der Waals surface area contributed by atoms with Crippen LogP contribution in [-0.4, -0.2) is 40.7 Å². The number of fused-ring (bicyclic) bond motifs is 5. The zero-order chi connectivity index (χ0) is 24.9. The summed E-state index contributed by atoms with van der Waals surface area (Å²) < 4.78 is 56.9. The molecule has 0 aromatic carbocycles. The van der Waals surface area contributed by atoms with E-state index in [0.29, 0.717) is 6.29 Å². The average Bonchev–Trinajstić information content (AvgIpc) is 3.02. The van der Waals surface area contributed by atoms with E-state index in [1.54, 1.807) is 6.92 Å². The molecule has 0 heterocycles. The first kappa shape index (κ1) is 11.5. The fraction of sp³-hybridized carbons (Fsp3) is 0.762. The van der Waals surface area contributed by atoms with Crippen molar-refractivity contribution in [1.82, 2.24) is 0 Å². The number of Topliss-reactive ketones (excluding diaryl/α,β-unsaturated/α-hetero) is 1. The monoisotopic (exact) mass is 367 g/mol. The van der Waals surface area contributed by atoms with Crippen LogP contribution in [0.5, 0.6) is 0 Å². The number of carbonyl (C=O) groups excluding carboxylic acids is 3. The predicted molar refractivity (Wildman–Crippen MR) is 94.1 cm³/mol. The standard InChI is InChI=1S/C21H28O5/c1-20-7-6-13(24)8-12(20)2-3-14-15-4-5-16(18(26)10-22)21(15,11-23)9-17(25)19(14)20/h8,11,14-17,19,22,25H,2-7,9-10H2,1H3/t14-,15-,16+,17-,19+,20-,21+/m0/s1/i2D2,6D2,8D,10D2. The van der Waals surface area contributed by atoms with Crippen LogP contribution in [0.25, 0.3) is 0 Å². The van der Waals surface area contributed by atoms with Gasteiger partial charge in [0.15, 0.2) is 11.6 Å². The Bertz CT molecular complexity index is 957. The lowest BCUT2D eigenvalue weighted by Gasteiger charge is -2.59. The maximum atomic E-state index is 12.7. The van der Waals surface area contributed by atoms with E-state index in [9.17, 15) is 24.6 Å². The van der Waals surface area contributed by atoms with Gasteiger partial charge in [-0.2, -0.15) is 0 Å². The summed E-state index contributed by atoms with van der Waals surface area (Å²) in [6.45, 7) is -1.59. The number of hydrogen-bond acceptors (Lipinski definition) is 5. The predicted octanol–water partition coefficient (Wildman–Crippen LogP) is 1.85. The van der Waals surface area contributed by atoms with Gasteiger partial charge in [0.2, 0.25) is 0 Å². The summed E-state index contributed by atoms with van der Waals surface area (Å²) in [5.74, 6) is -5.40. The molecule has 4 aliphatic rings. The molecule has 142 valence electrons. The largest absolute Gasteiger partial charge is 0.393 e. The third-order valence-corrected chi connectivity index (χ3v) is 7.38. The van der Waals surface area contributed by atoms with E-state index in [1.807, 2.05) is 0 Å². The SMILES string of the molecule is [2H]C1=C2C([2H])([2H])C[C@@H]3[C@H]([C@@H](O)C[C@]4(C=O)[C@@H](C(=O)C([2H])([2H])O)CC[C@@H]34)[C@@]2(C)CC([2H])([2H])C1=O. The fourth-order valence-corrected chi connectivity index (χ4v) is 6.31. The molecule has 0 amide bonds. The van der Waals surface area contributed by atoms with E-state index in [2.05, 4.69) is 0 Å². The molecule has 0 bridgehead atoms. The van der Waals surface area contributed by atoms with E-state index in [1.165, 1.54) is 0 Å². The minimum absolute atomic E-state index is 0.101. The molecule has 2 N–H and O–H groups in total. The lowest BCUT2D eigenvalue weighted by Crippen LogP contribution is -2.58. The van der Waals surface area contributed by atoms with Crippen molar-refractivity contribution in [2.24, 2.45) is 34.5 Å². The molecule has 0 aliphatic heterocycles. The van der Waals surface area contributed by atoms with E-state index in [0.717, 1.165) is 0 Å². The van der Waals surface area contributed by atoms with Gasteiger partial charge >= 0.3 is 0 Å². The topological polar surface area (TPSA) is 91.7 Å². The van der Waals surface area contributed by atoms with Crippen molar-refractivity contribution >= 4 is 17.9 Å². The number of ketones is 2. The molecule has 3 fully saturated rings. The van der Waals surface area contributed by atoms with Crippen molar-refractivity contribution in [3.8, 4) is 0 Å². The molecule has 5 heteroatoms. The highest BCUT2D eigenvalue weighted by Gasteiger charge is 2.64. The van der Waals surface area contributed by atoms with E-state index < -0.39 is 83.9 Å². The maximum Gasteiger partial charge on any atom is 0.162 e. The van der Waals surface area contributed by atoms with Crippen LogP contribution >= 0.6 is 0 Å². The summed E-state index contributed by atoms with van der Waals surface area (Å²) >= 11 is 0. The number of carbonyl (C=O) groups is 3. The molecule has 0 aromatic heterocycles. The third kappa shape index (κ3) is 2.26. The van der Waals surface area contributed by atoms with Crippen LogP contribution in [0, 0.1) is 34.5 Å². The summed E-state index contributed by atoms with van der Waals surface area (Å²) in [7, 11) is 0. The molecule has 3 saturated carbocycles. The van der Waals surface area contributed by atoms with Crippen molar-refractivity contribution in [3.63, 3.8) is 0 Å². The van der Waals surface area contributed by atoms with Crippen LogP contribution in [0.4, 0.5) is 0 Å². The van der Waals surface area contributed by atoms with Crippen molar-refractivity contribution < 1.29 is 34.2 Å². The number of aldehydes is 1. The molecule has 5 nitrogen and oxygen atoms in total. The molecule has 0 unspecified atom stereocenters. The first-order chi connectivity index (χ1) is 14.9. The van der Waals surface area contributed by atoms with Gasteiger partial charge in [-0.3, -0.25) is 9.59 Å². The Labute approximate surface area is 163 Å². The highest BCUT2D eigenvalue weighted by Crippen LogP contribution is 2.66. The van der Waals surface area contributed by atoms with Gasteiger partial charge in [0.05, 0.1) is 10.2 Å². The van der Waals surface area contributed by atoms with Gasteiger partial charge in [0, 0.05) is 23.2 Å². The van der Waals surface area contributed by atoms with Crippen LogP contribution in [0.1, 0.15) is 61.4 Å². The summed E-state index contributed by atoms with van der Waals surface area (Å²) in [4.78, 5) is 37.6. The van der Waals surface area contributed by atoms with Gasteiger partial charge in [-0.05, 0) is 67.7 Å². The number of hydrogen-bond donors (Lipinski definition) is 2. The smallest absolute Gasteiger partial charge is 0.162 e. The van der Waals surface area contributed by atoms with Crippen LogP contribution in [-0.2, 0) is 14.4 Å². The van der Waals surface area contributed by atoms with E-state index in [-0.39, 0.29) is 31.3 Å². The second-order valence-corrected chi connectivity index (χ2v) is 8.38. The van der Waals surface area contributed by atoms with Gasteiger partial charge in [0.25, 0.3) is 0 Å². The van der Waals surface area contributed by atoms with Gasteiger partial charge in [-0.25, -0.2) is 0 Å². The minimum atomic E-state index is -3.15. The summed E-state index contributed by atoms with van der Waals surface area (Å²) in [6, 6.07) is -0.704. The Morgan fingerprint density at radius 1 is 1.46 bits per heavy atom. The average molecular weight is 367 g/mol. The van der Waals surface area contributed by atoms with Crippen molar-refractivity contribution in [2.45, 2.75) is 57.9 Å². The number of rotatable bonds is 3. The first-order valence-electron chi connectivity index (χ1n) is 12.6. The molecule has 0 aromatic rings. The van der Waals surface area contributed by atoms with Gasteiger partial charge in [-0.15, -0.1) is 0 Å². The Hall–Kier alpha value is -1.33. The minimum Gasteiger partial charge on any atom is -0.393 e. The number of aliphatic hydroxyl groups is 2. The van der Waals surface area contributed by atoms with Gasteiger partial charge in [-0.1, -0.05) is 12.5 Å². The van der Waals surface area contributed by atoms with Gasteiger partial charge < -0.3 is 15.0 Å². The molecular weight excluding hydrogens is 332 g/mol. The molecular formula is C21H28O5. The third-order valence-electron chi connectivity index (χ3n) is 7.38. The Morgan fingerprint density at radius 2 is 2.23 bits per heavy atom. The first-order valence-corrected chi connectivity index (χ1v) is 9.12. The molecule has 0 spiro atoms. The molecule has 4 aliphatic carbocycles. The summed E-state index contributed by atoms with van der Waals surface area (Å²) in [5, 5.41) is 21.0. The van der Waals surface area contributed by atoms with E-state index in [4.69, 9.17) is 9.60 Å². The van der Waals surface area contributed by atoms with Crippen LogP contribution in [0.2, 0.25) is 0 Å². The second kappa shape index (κ2) is 6.10. The Balaban J connectivity index is 1.86. The summed E-state index contributed by atoms with van der Waals surface area (Å²) in [6.07, 6.45) is -5.77. The van der Waals surface area contributed by atoms with Gasteiger partial charge in [0.1, 0.15) is 12.8 Å². The number of allylic oxidation sites excluding steroid dienone is 1. The highest BCUT2D eigenvalue weighted by atomic mass is 16.3. The number of aliphatic hydroxyl groups excluding tert-OH is 1. The lowest BCUT2D eigenvalue weighted by atomic mass is 9.45. The zero-order valence-corrected chi connectivity index (χ0v) is 14.6. The quantitative estimate of drug-likeness (QED) is 0.743. The Kier molecular flexibility index (Phi) is 2.70. The molecule has 7 atom stereocenters. The molecule has 26 heavy (non-hydrogen) atoms. The van der Waals surface area contributed by atoms with Crippen molar-refractivity contribution in [3.05, 3.63) is 11.6 Å².